The van der Waals surface area contributed by atoms with Gasteiger partial charge in [0.05, 0.1) is 19.0 Å². The predicted octanol–water partition coefficient (Wildman–Crippen LogP) is 2.25. The van der Waals surface area contributed by atoms with Crippen LogP contribution < -0.4 is 4.90 Å². The molecule has 0 unspecified atom stereocenters. The fourth-order valence-corrected chi connectivity index (χ4v) is 3.12. The average Bonchev–Trinajstić information content (AvgIpc) is 2.28. The molecule has 0 spiro atoms. The molecule has 1 aliphatic heterocycles. The molecule has 1 aliphatic rings. The first-order valence-electron chi connectivity index (χ1n) is 5.49. The lowest BCUT2D eigenvalue weighted by Crippen LogP contribution is -2.36. The highest BCUT2D eigenvalue weighted by molar-refractivity contribution is 8.13. The van der Waals surface area contributed by atoms with Crippen molar-refractivity contribution in [2.45, 2.75) is 5.75 Å². The van der Waals surface area contributed by atoms with Crippen LogP contribution in [0.1, 0.15) is 5.56 Å². The Labute approximate surface area is 116 Å². The summed E-state index contributed by atoms with van der Waals surface area (Å²) in [5.41, 5.74) is 1.48. The summed E-state index contributed by atoms with van der Waals surface area (Å²) in [7, 11) is 1.72. The molecule has 18 heavy (non-hydrogen) atoms. The molecule has 1 aromatic carbocycles. The van der Waals surface area contributed by atoms with E-state index in [9.17, 15) is 8.42 Å². The number of anilines is 1. The monoisotopic (exact) mass is 309 g/mol. The minimum atomic E-state index is -3.60. The van der Waals surface area contributed by atoms with Gasteiger partial charge in [-0.05, 0) is 23.8 Å². The highest BCUT2D eigenvalue weighted by Gasteiger charge is 2.18. The van der Waals surface area contributed by atoms with Crippen LogP contribution in [0.15, 0.2) is 18.2 Å². The second kappa shape index (κ2) is 5.65. The van der Waals surface area contributed by atoms with Crippen LogP contribution in [-0.4, -0.2) is 34.7 Å². The Balaban J connectivity index is 2.33. The highest BCUT2D eigenvalue weighted by Crippen LogP contribution is 2.27. The Morgan fingerprint density at radius 1 is 1.28 bits per heavy atom. The van der Waals surface area contributed by atoms with E-state index in [4.69, 9.17) is 27.0 Å². The number of hydrogen-bond acceptors (Lipinski definition) is 4. The van der Waals surface area contributed by atoms with E-state index in [1.807, 2.05) is 6.07 Å². The number of rotatable bonds is 3. The molecule has 7 heteroatoms. The summed E-state index contributed by atoms with van der Waals surface area (Å²) < 4.78 is 27.7. The molecule has 0 radical (unpaired) electrons. The number of hydrogen-bond donors (Lipinski definition) is 0. The number of ether oxygens (including phenoxy) is 1. The fourth-order valence-electron chi connectivity index (χ4n) is 1.97. The minimum absolute atomic E-state index is 0.220. The van der Waals surface area contributed by atoms with Crippen LogP contribution in [0.4, 0.5) is 5.69 Å². The molecule has 0 bridgehead atoms. The van der Waals surface area contributed by atoms with Crippen molar-refractivity contribution in [3.8, 4) is 0 Å². The van der Waals surface area contributed by atoms with Crippen molar-refractivity contribution in [1.82, 2.24) is 0 Å². The molecule has 100 valence electrons. The van der Waals surface area contributed by atoms with Crippen molar-refractivity contribution in [2.24, 2.45) is 0 Å². The highest BCUT2D eigenvalue weighted by atomic mass is 35.7. The zero-order valence-electron chi connectivity index (χ0n) is 9.60. The van der Waals surface area contributed by atoms with Gasteiger partial charge in [0.2, 0.25) is 9.05 Å². The van der Waals surface area contributed by atoms with Crippen LogP contribution in [0.5, 0.6) is 0 Å². The molecule has 0 saturated carbocycles. The van der Waals surface area contributed by atoms with E-state index in [1.165, 1.54) is 0 Å². The first-order valence-corrected chi connectivity index (χ1v) is 8.35. The van der Waals surface area contributed by atoms with Gasteiger partial charge in [-0.2, -0.15) is 0 Å². The quantitative estimate of drug-likeness (QED) is 0.803. The maximum absolute atomic E-state index is 11.2. The lowest BCUT2D eigenvalue weighted by atomic mass is 10.1. The number of morpholine rings is 1. The van der Waals surface area contributed by atoms with E-state index in [0.29, 0.717) is 23.8 Å². The first kappa shape index (κ1) is 13.9. The van der Waals surface area contributed by atoms with Gasteiger partial charge >= 0.3 is 0 Å². The largest absolute Gasteiger partial charge is 0.378 e. The number of halogens is 2. The van der Waals surface area contributed by atoms with Gasteiger partial charge in [-0.3, -0.25) is 0 Å². The zero-order chi connectivity index (χ0) is 13.2. The molecule has 4 nitrogen and oxygen atoms in total. The van der Waals surface area contributed by atoms with Gasteiger partial charge < -0.3 is 9.64 Å². The summed E-state index contributed by atoms with van der Waals surface area (Å²) in [4.78, 5) is 2.08. The van der Waals surface area contributed by atoms with Gasteiger partial charge in [0.1, 0.15) is 0 Å². The van der Waals surface area contributed by atoms with Gasteiger partial charge in [-0.1, -0.05) is 11.6 Å². The Kier molecular flexibility index (Phi) is 4.37. The molecule has 0 atom stereocenters. The summed E-state index contributed by atoms with van der Waals surface area (Å²) in [6, 6.07) is 5.22. The van der Waals surface area contributed by atoms with Crippen LogP contribution in [0.2, 0.25) is 5.02 Å². The normalized spacial score (nSPS) is 16.9. The van der Waals surface area contributed by atoms with E-state index in [0.717, 1.165) is 18.8 Å². The van der Waals surface area contributed by atoms with E-state index < -0.39 is 9.05 Å². The molecule has 0 amide bonds. The molecule has 0 aliphatic carbocycles. The van der Waals surface area contributed by atoms with Crippen molar-refractivity contribution < 1.29 is 13.2 Å². The summed E-state index contributed by atoms with van der Waals surface area (Å²) >= 11 is 5.90. The minimum Gasteiger partial charge on any atom is -0.378 e. The van der Waals surface area contributed by atoms with Crippen LogP contribution in [-0.2, 0) is 19.5 Å². The first-order chi connectivity index (χ1) is 8.46. The Morgan fingerprint density at radius 3 is 2.56 bits per heavy atom. The Hall–Kier alpha value is -0.490. The van der Waals surface area contributed by atoms with Gasteiger partial charge in [-0.25, -0.2) is 8.42 Å². The zero-order valence-corrected chi connectivity index (χ0v) is 11.9. The van der Waals surface area contributed by atoms with Gasteiger partial charge in [0, 0.05) is 34.5 Å². The third kappa shape index (κ3) is 3.75. The van der Waals surface area contributed by atoms with Gasteiger partial charge in [0.15, 0.2) is 0 Å². The second-order valence-electron chi connectivity index (χ2n) is 4.06. The van der Waals surface area contributed by atoms with Crippen LogP contribution in [0.25, 0.3) is 0 Å². The van der Waals surface area contributed by atoms with Crippen LogP contribution >= 0.6 is 22.3 Å². The molecule has 0 aromatic heterocycles. The summed E-state index contributed by atoms with van der Waals surface area (Å²) in [6.45, 7) is 2.74. The molecule has 2 rings (SSSR count). The molecular formula is C11H13Cl2NO3S. The summed E-state index contributed by atoms with van der Waals surface area (Å²) in [6.07, 6.45) is 0. The van der Waals surface area contributed by atoms with E-state index in [1.54, 1.807) is 12.1 Å². The Morgan fingerprint density at radius 2 is 1.94 bits per heavy atom. The smallest absolute Gasteiger partial charge is 0.236 e. The summed E-state index contributed by atoms with van der Waals surface area (Å²) in [5, 5.41) is 0.502. The van der Waals surface area contributed by atoms with E-state index in [2.05, 4.69) is 4.90 Å². The maximum Gasteiger partial charge on any atom is 0.236 e. The second-order valence-corrected chi connectivity index (χ2v) is 7.27. The molecule has 0 N–H and O–H groups in total. The molecular weight excluding hydrogens is 297 g/mol. The van der Waals surface area contributed by atoms with Crippen molar-refractivity contribution in [3.05, 3.63) is 28.8 Å². The van der Waals surface area contributed by atoms with Crippen LogP contribution in [0, 0.1) is 0 Å². The molecule has 1 saturated heterocycles. The lowest BCUT2D eigenvalue weighted by Gasteiger charge is -2.30. The molecule has 1 fully saturated rings. The van der Waals surface area contributed by atoms with Gasteiger partial charge in [-0.15, -0.1) is 0 Å². The van der Waals surface area contributed by atoms with Gasteiger partial charge in [0.25, 0.3) is 0 Å². The topological polar surface area (TPSA) is 46.6 Å². The molecule has 1 heterocycles. The predicted molar refractivity (Wildman–Crippen MR) is 73.0 cm³/mol. The Bertz CT molecular complexity index is 527. The van der Waals surface area contributed by atoms with E-state index in [-0.39, 0.29) is 5.75 Å². The third-order valence-electron chi connectivity index (χ3n) is 2.72. The van der Waals surface area contributed by atoms with Crippen LogP contribution in [0.3, 0.4) is 0 Å². The number of nitrogens with zero attached hydrogens (tertiary/aromatic N) is 1. The molecule has 1 aromatic rings. The average molecular weight is 310 g/mol. The SMILES string of the molecule is O=S(=O)(Cl)Cc1cc(Cl)ccc1N1CCOCC1. The number of benzene rings is 1. The van der Waals surface area contributed by atoms with Crippen molar-refractivity contribution >= 4 is 37.0 Å². The third-order valence-corrected chi connectivity index (χ3v) is 3.94. The standard InChI is InChI=1S/C11H13Cl2NO3S/c12-10-1-2-11(14-3-5-17-6-4-14)9(7-10)8-18(13,15)16/h1-2,7H,3-6,8H2. The van der Waals surface area contributed by atoms with E-state index >= 15 is 0 Å². The summed E-state index contributed by atoms with van der Waals surface area (Å²) in [5.74, 6) is -0.220. The fraction of sp³-hybridized carbons (Fsp3) is 0.455. The lowest BCUT2D eigenvalue weighted by molar-refractivity contribution is 0.122. The van der Waals surface area contributed by atoms with Crippen molar-refractivity contribution in [3.63, 3.8) is 0 Å². The maximum atomic E-state index is 11.2. The van der Waals surface area contributed by atoms with Crippen molar-refractivity contribution in [2.75, 3.05) is 31.2 Å². The van der Waals surface area contributed by atoms with Crippen molar-refractivity contribution in [1.29, 1.82) is 0 Å².